The number of hydrogen-bond acceptors (Lipinski definition) is 3. The summed E-state index contributed by atoms with van der Waals surface area (Å²) in [6, 6.07) is 11.9. The third-order valence-corrected chi connectivity index (χ3v) is 3.83. The van der Waals surface area contributed by atoms with Gasteiger partial charge in [-0.25, -0.2) is 4.98 Å². The van der Waals surface area contributed by atoms with Crippen molar-refractivity contribution in [2.24, 2.45) is 0 Å². The number of aliphatic hydroxyl groups excluding tert-OH is 1. The molecule has 0 aliphatic rings. The van der Waals surface area contributed by atoms with Gasteiger partial charge in [-0.1, -0.05) is 12.1 Å². The molecule has 3 N–H and O–H groups in total. The molecule has 0 amide bonds. The topological polar surface area (TPSA) is 64.1 Å². The molecule has 0 saturated carbocycles. The summed E-state index contributed by atoms with van der Waals surface area (Å²) >= 11 is 0. The average Bonchev–Trinajstić information content (AvgIpc) is 2.78. The summed E-state index contributed by atoms with van der Waals surface area (Å²) in [5.74, 6) is 0.844. The highest BCUT2D eigenvalue weighted by atomic mass is 16.3. The van der Waals surface area contributed by atoms with E-state index in [0.29, 0.717) is 12.2 Å². The number of fused-ring (bicyclic) bond motifs is 1. The number of nitrogens with two attached hydrogens (primary N) is 1. The average molecular weight is 281 g/mol. The van der Waals surface area contributed by atoms with Crippen LogP contribution < -0.4 is 5.73 Å². The summed E-state index contributed by atoms with van der Waals surface area (Å²) < 4.78 is 2.05. The molecule has 0 aliphatic heterocycles. The van der Waals surface area contributed by atoms with Crippen LogP contribution in [0.4, 0.5) is 5.69 Å². The van der Waals surface area contributed by atoms with E-state index >= 15 is 0 Å². The maximum atomic E-state index is 9.37. The Bertz CT molecular complexity index is 805. The number of benzene rings is 2. The minimum atomic E-state index is 0.0771. The van der Waals surface area contributed by atoms with Crippen LogP contribution in [-0.2, 0) is 6.54 Å². The number of rotatable bonds is 3. The molecule has 0 atom stereocenters. The van der Waals surface area contributed by atoms with Crippen molar-refractivity contribution in [3.63, 3.8) is 0 Å². The second-order valence-corrected chi connectivity index (χ2v) is 5.36. The first-order valence-electron chi connectivity index (χ1n) is 7.04. The Hall–Kier alpha value is -2.33. The lowest BCUT2D eigenvalue weighted by Gasteiger charge is -2.08. The second kappa shape index (κ2) is 5.22. The molecule has 1 aromatic heterocycles. The zero-order valence-corrected chi connectivity index (χ0v) is 12.3. The Morgan fingerprint density at radius 3 is 2.62 bits per heavy atom. The van der Waals surface area contributed by atoms with Crippen molar-refractivity contribution in [3.8, 4) is 11.4 Å². The predicted octanol–water partition coefficient (Wildman–Crippen LogP) is 2.89. The monoisotopic (exact) mass is 281 g/mol. The van der Waals surface area contributed by atoms with Crippen molar-refractivity contribution in [2.75, 3.05) is 12.3 Å². The van der Waals surface area contributed by atoms with E-state index in [9.17, 15) is 5.11 Å². The van der Waals surface area contributed by atoms with Gasteiger partial charge >= 0.3 is 0 Å². The molecule has 4 heteroatoms. The normalized spacial score (nSPS) is 11.2. The molecule has 3 rings (SSSR count). The lowest BCUT2D eigenvalue weighted by atomic mass is 10.1. The Morgan fingerprint density at radius 2 is 1.90 bits per heavy atom. The van der Waals surface area contributed by atoms with Crippen LogP contribution >= 0.6 is 0 Å². The van der Waals surface area contributed by atoms with Gasteiger partial charge in [-0.05, 0) is 49.2 Å². The number of aliphatic hydroxyl groups is 1. The number of aromatic nitrogens is 2. The molecule has 4 nitrogen and oxygen atoms in total. The van der Waals surface area contributed by atoms with E-state index in [1.807, 2.05) is 24.3 Å². The molecule has 0 spiro atoms. The molecule has 0 saturated heterocycles. The van der Waals surface area contributed by atoms with Gasteiger partial charge in [0.15, 0.2) is 0 Å². The largest absolute Gasteiger partial charge is 0.399 e. The van der Waals surface area contributed by atoms with E-state index in [-0.39, 0.29) is 6.61 Å². The zero-order valence-electron chi connectivity index (χ0n) is 12.3. The van der Waals surface area contributed by atoms with Crippen LogP contribution in [0.25, 0.3) is 22.4 Å². The zero-order chi connectivity index (χ0) is 15.0. The molecule has 2 aromatic carbocycles. The van der Waals surface area contributed by atoms with Crippen molar-refractivity contribution in [2.45, 2.75) is 20.4 Å². The van der Waals surface area contributed by atoms with Gasteiger partial charge in [0.25, 0.3) is 0 Å². The molecule has 0 radical (unpaired) electrons. The number of hydrogen-bond donors (Lipinski definition) is 2. The van der Waals surface area contributed by atoms with Crippen molar-refractivity contribution < 1.29 is 5.11 Å². The lowest BCUT2D eigenvalue weighted by molar-refractivity contribution is 0.278. The van der Waals surface area contributed by atoms with Crippen LogP contribution in [0.2, 0.25) is 0 Å². The molecule has 108 valence electrons. The number of nitrogens with zero attached hydrogens (tertiary/aromatic N) is 2. The van der Waals surface area contributed by atoms with Crippen LogP contribution in [0.1, 0.15) is 11.1 Å². The highest BCUT2D eigenvalue weighted by molar-refractivity contribution is 5.82. The summed E-state index contributed by atoms with van der Waals surface area (Å²) in [4.78, 5) is 4.74. The maximum Gasteiger partial charge on any atom is 0.141 e. The first-order valence-corrected chi connectivity index (χ1v) is 7.04. The molecule has 0 bridgehead atoms. The van der Waals surface area contributed by atoms with E-state index in [0.717, 1.165) is 22.4 Å². The minimum absolute atomic E-state index is 0.0771. The van der Waals surface area contributed by atoms with Crippen LogP contribution in [0.3, 0.4) is 0 Å². The number of anilines is 1. The van der Waals surface area contributed by atoms with Gasteiger partial charge in [0.2, 0.25) is 0 Å². The third-order valence-electron chi connectivity index (χ3n) is 3.83. The lowest BCUT2D eigenvalue weighted by Crippen LogP contribution is -2.04. The van der Waals surface area contributed by atoms with Crippen molar-refractivity contribution >= 4 is 16.7 Å². The molecule has 0 unspecified atom stereocenters. The van der Waals surface area contributed by atoms with Crippen LogP contribution in [0.5, 0.6) is 0 Å². The first-order chi connectivity index (χ1) is 10.1. The summed E-state index contributed by atoms with van der Waals surface area (Å²) in [6.45, 7) is 4.77. The van der Waals surface area contributed by atoms with Crippen LogP contribution in [-0.4, -0.2) is 21.3 Å². The molecule has 0 aliphatic carbocycles. The van der Waals surface area contributed by atoms with E-state index in [2.05, 4.69) is 30.5 Å². The summed E-state index contributed by atoms with van der Waals surface area (Å²) in [6.07, 6.45) is 0. The van der Waals surface area contributed by atoms with Gasteiger partial charge in [0, 0.05) is 17.8 Å². The fraction of sp³-hybridized carbons (Fsp3) is 0.235. The smallest absolute Gasteiger partial charge is 0.141 e. The van der Waals surface area contributed by atoms with Gasteiger partial charge in [0.05, 0.1) is 17.6 Å². The van der Waals surface area contributed by atoms with Crippen LogP contribution in [0, 0.1) is 13.8 Å². The Kier molecular flexibility index (Phi) is 3.39. The van der Waals surface area contributed by atoms with E-state index in [1.54, 1.807) is 0 Å². The van der Waals surface area contributed by atoms with Crippen molar-refractivity contribution in [1.29, 1.82) is 0 Å². The molecule has 0 fully saturated rings. The van der Waals surface area contributed by atoms with Gasteiger partial charge in [-0.15, -0.1) is 0 Å². The van der Waals surface area contributed by atoms with E-state index in [1.165, 1.54) is 11.1 Å². The van der Waals surface area contributed by atoms with Gasteiger partial charge < -0.3 is 15.4 Å². The number of imidazole rings is 1. The fourth-order valence-electron chi connectivity index (χ4n) is 2.60. The van der Waals surface area contributed by atoms with E-state index in [4.69, 9.17) is 10.7 Å². The summed E-state index contributed by atoms with van der Waals surface area (Å²) in [7, 11) is 0. The first kappa shape index (κ1) is 13.6. The summed E-state index contributed by atoms with van der Waals surface area (Å²) in [5, 5.41) is 9.37. The Labute approximate surface area is 123 Å². The SMILES string of the molecule is Cc1cc2nc(-c3cccc(N)c3)n(CCO)c2cc1C. The van der Waals surface area contributed by atoms with Gasteiger partial charge in [-0.3, -0.25) is 0 Å². The quantitative estimate of drug-likeness (QED) is 0.726. The maximum absolute atomic E-state index is 9.37. The molecular weight excluding hydrogens is 262 g/mol. The standard InChI is InChI=1S/C17H19N3O/c1-11-8-15-16(9-12(11)2)20(6-7-21)17(19-15)13-4-3-5-14(18)10-13/h3-5,8-10,21H,6-7,18H2,1-2H3. The predicted molar refractivity (Wildman–Crippen MR) is 86.1 cm³/mol. The van der Waals surface area contributed by atoms with Crippen molar-refractivity contribution in [1.82, 2.24) is 9.55 Å². The van der Waals surface area contributed by atoms with Gasteiger partial charge in [0.1, 0.15) is 5.82 Å². The molecule has 21 heavy (non-hydrogen) atoms. The molecule has 3 aromatic rings. The third kappa shape index (κ3) is 2.38. The number of nitrogen functional groups attached to an aromatic ring is 1. The van der Waals surface area contributed by atoms with E-state index < -0.39 is 0 Å². The molecular formula is C17H19N3O. The molecule has 1 heterocycles. The Morgan fingerprint density at radius 1 is 1.14 bits per heavy atom. The van der Waals surface area contributed by atoms with Crippen molar-refractivity contribution in [3.05, 3.63) is 47.5 Å². The Balaban J connectivity index is 2.28. The summed E-state index contributed by atoms with van der Waals surface area (Å²) in [5.41, 5.74) is 12.0. The highest BCUT2D eigenvalue weighted by Gasteiger charge is 2.13. The number of aryl methyl sites for hydroxylation is 2. The van der Waals surface area contributed by atoms with Gasteiger partial charge in [-0.2, -0.15) is 0 Å². The second-order valence-electron chi connectivity index (χ2n) is 5.36. The minimum Gasteiger partial charge on any atom is -0.399 e. The highest BCUT2D eigenvalue weighted by Crippen LogP contribution is 2.27. The van der Waals surface area contributed by atoms with Crippen LogP contribution in [0.15, 0.2) is 36.4 Å². The fourth-order valence-corrected chi connectivity index (χ4v) is 2.60.